The minimum absolute atomic E-state index is 0.000719. The zero-order valence-electron chi connectivity index (χ0n) is 21.9. The van der Waals surface area contributed by atoms with Crippen molar-refractivity contribution in [3.8, 4) is 0 Å². The number of ketones is 1. The standard InChI is InChI=1S/C27H23N5O7S/c1-5-39-26(36)23-14(3)28-27(40-23)31-20(16-9-6-10-17(12-16)32(37)38)18(22(34)25(31)35)21(33)19-15(4)30-11-7-8-13(2)24(30)29-19/h6-12,20,33H,5H2,1-4H3. The van der Waals surface area contributed by atoms with Crippen LogP contribution in [0.25, 0.3) is 11.4 Å². The molecule has 5 rings (SSSR count). The van der Waals surface area contributed by atoms with Crippen LogP contribution in [0.3, 0.4) is 0 Å². The monoisotopic (exact) mass is 561 g/mol. The number of aryl methyl sites for hydroxylation is 3. The van der Waals surface area contributed by atoms with Crippen LogP contribution in [0.2, 0.25) is 0 Å². The molecule has 1 aliphatic heterocycles. The lowest BCUT2D eigenvalue weighted by atomic mass is 9.96. The second-order valence-electron chi connectivity index (χ2n) is 9.08. The van der Waals surface area contributed by atoms with Crippen molar-refractivity contribution in [2.75, 3.05) is 11.5 Å². The van der Waals surface area contributed by atoms with Gasteiger partial charge < -0.3 is 14.2 Å². The number of rotatable bonds is 6. The van der Waals surface area contributed by atoms with Gasteiger partial charge in [-0.1, -0.05) is 29.5 Å². The number of aromatic nitrogens is 3. The summed E-state index contributed by atoms with van der Waals surface area (Å²) in [7, 11) is 0. The topological polar surface area (TPSA) is 157 Å². The van der Waals surface area contributed by atoms with Crippen molar-refractivity contribution in [1.82, 2.24) is 14.4 Å². The highest BCUT2D eigenvalue weighted by molar-refractivity contribution is 7.17. The number of non-ortho nitro benzene ring substituents is 1. The van der Waals surface area contributed by atoms with Crippen LogP contribution < -0.4 is 4.90 Å². The summed E-state index contributed by atoms with van der Waals surface area (Å²) in [5.74, 6) is -3.20. The lowest BCUT2D eigenvalue weighted by Crippen LogP contribution is -2.29. The number of anilines is 1. The smallest absolute Gasteiger partial charge is 0.350 e. The summed E-state index contributed by atoms with van der Waals surface area (Å²) < 4.78 is 6.83. The first-order valence-electron chi connectivity index (χ1n) is 12.2. The fourth-order valence-corrected chi connectivity index (χ4v) is 5.69. The van der Waals surface area contributed by atoms with Gasteiger partial charge in [-0.05, 0) is 44.9 Å². The first kappa shape index (κ1) is 26.7. The van der Waals surface area contributed by atoms with Crippen molar-refractivity contribution in [2.45, 2.75) is 33.7 Å². The van der Waals surface area contributed by atoms with Crippen LogP contribution in [-0.2, 0) is 14.3 Å². The molecule has 0 spiro atoms. The molecule has 1 aromatic carbocycles. The number of carbonyl (C=O) groups is 3. The van der Waals surface area contributed by atoms with Gasteiger partial charge in [0.25, 0.3) is 11.5 Å². The maximum Gasteiger partial charge on any atom is 0.350 e. The van der Waals surface area contributed by atoms with Crippen LogP contribution in [0.5, 0.6) is 0 Å². The Morgan fingerprint density at radius 2 is 1.93 bits per heavy atom. The van der Waals surface area contributed by atoms with Crippen molar-refractivity contribution in [2.24, 2.45) is 0 Å². The zero-order chi connectivity index (χ0) is 28.9. The molecule has 1 N–H and O–H groups in total. The molecule has 1 amide bonds. The number of esters is 1. The van der Waals surface area contributed by atoms with Gasteiger partial charge in [0.15, 0.2) is 10.9 Å². The highest BCUT2D eigenvalue weighted by Crippen LogP contribution is 2.44. The molecule has 1 saturated heterocycles. The number of thiazole rings is 1. The Morgan fingerprint density at radius 1 is 1.18 bits per heavy atom. The molecule has 1 unspecified atom stereocenters. The molecule has 13 heteroatoms. The number of pyridine rings is 1. The Balaban J connectivity index is 1.76. The summed E-state index contributed by atoms with van der Waals surface area (Å²) >= 11 is 0.847. The third-order valence-corrected chi connectivity index (χ3v) is 7.74. The molecule has 40 heavy (non-hydrogen) atoms. The average Bonchev–Trinajstić information content (AvgIpc) is 3.56. The molecule has 204 valence electrons. The maximum absolute atomic E-state index is 13.5. The number of ether oxygens (including phenoxy) is 1. The molecule has 0 radical (unpaired) electrons. The fourth-order valence-electron chi connectivity index (χ4n) is 4.70. The highest BCUT2D eigenvalue weighted by atomic mass is 32.1. The molecule has 1 fully saturated rings. The number of Topliss-reactive ketones (excluding diaryl/α,β-unsaturated/α-hetero) is 1. The lowest BCUT2D eigenvalue weighted by molar-refractivity contribution is -0.384. The van der Waals surface area contributed by atoms with Crippen LogP contribution >= 0.6 is 11.3 Å². The average molecular weight is 562 g/mol. The SMILES string of the molecule is CCOC(=O)c1sc(N2C(=O)C(=O)C(=C(O)c3nc4c(C)cccn4c3C)C2c2cccc([N+](=O)[O-])c2)nc1C. The summed E-state index contributed by atoms with van der Waals surface area (Å²) in [6.07, 6.45) is 1.76. The quantitative estimate of drug-likeness (QED) is 0.0898. The number of amides is 1. The largest absolute Gasteiger partial charge is 0.505 e. The molecule has 4 aromatic rings. The number of nitro groups is 1. The van der Waals surface area contributed by atoms with Crippen molar-refractivity contribution in [3.63, 3.8) is 0 Å². The van der Waals surface area contributed by atoms with Crippen molar-refractivity contribution >= 4 is 51.2 Å². The second-order valence-corrected chi connectivity index (χ2v) is 10.1. The number of nitro benzene ring substituents is 1. The summed E-state index contributed by atoms with van der Waals surface area (Å²) in [6, 6.07) is 7.81. The second kappa shape index (κ2) is 10.0. The van der Waals surface area contributed by atoms with Crippen molar-refractivity contribution in [1.29, 1.82) is 0 Å². The van der Waals surface area contributed by atoms with Gasteiger partial charge in [-0.2, -0.15) is 0 Å². The van der Waals surface area contributed by atoms with E-state index in [1.165, 1.54) is 24.3 Å². The van der Waals surface area contributed by atoms with Gasteiger partial charge >= 0.3 is 11.9 Å². The van der Waals surface area contributed by atoms with E-state index in [-0.39, 0.29) is 44.8 Å². The normalized spacial score (nSPS) is 16.6. The number of hydrogen-bond acceptors (Lipinski definition) is 10. The molecule has 0 aliphatic carbocycles. The van der Waals surface area contributed by atoms with Gasteiger partial charge in [0.05, 0.1) is 34.5 Å². The minimum Gasteiger partial charge on any atom is -0.505 e. The van der Waals surface area contributed by atoms with E-state index in [1.807, 2.05) is 19.1 Å². The number of aliphatic hydroxyl groups is 1. The Bertz CT molecular complexity index is 1770. The molecule has 1 atom stereocenters. The molecule has 0 bridgehead atoms. The number of benzene rings is 1. The van der Waals surface area contributed by atoms with E-state index >= 15 is 0 Å². The van der Waals surface area contributed by atoms with Crippen molar-refractivity contribution in [3.05, 3.63) is 91.4 Å². The Labute approximate surface area is 231 Å². The van der Waals surface area contributed by atoms with E-state index in [1.54, 1.807) is 31.4 Å². The van der Waals surface area contributed by atoms with Gasteiger partial charge in [0.1, 0.15) is 16.2 Å². The molecule has 12 nitrogen and oxygen atoms in total. The summed E-state index contributed by atoms with van der Waals surface area (Å²) in [4.78, 5) is 60.6. The predicted molar refractivity (Wildman–Crippen MR) is 145 cm³/mol. The third-order valence-electron chi connectivity index (χ3n) is 6.60. The molecule has 3 aromatic heterocycles. The number of imidazole rings is 1. The van der Waals surface area contributed by atoms with Gasteiger partial charge in [0.2, 0.25) is 0 Å². The van der Waals surface area contributed by atoms with E-state index in [0.717, 1.165) is 21.8 Å². The Kier molecular flexibility index (Phi) is 6.67. The highest BCUT2D eigenvalue weighted by Gasteiger charge is 2.49. The third kappa shape index (κ3) is 4.20. The summed E-state index contributed by atoms with van der Waals surface area (Å²) in [5.41, 5.74) is 1.88. The van der Waals surface area contributed by atoms with E-state index in [2.05, 4.69) is 9.97 Å². The first-order valence-corrected chi connectivity index (χ1v) is 13.0. The van der Waals surface area contributed by atoms with E-state index in [4.69, 9.17) is 4.74 Å². The van der Waals surface area contributed by atoms with E-state index in [0.29, 0.717) is 11.3 Å². The van der Waals surface area contributed by atoms with Crippen LogP contribution in [0, 0.1) is 30.9 Å². The van der Waals surface area contributed by atoms with Gasteiger partial charge in [0, 0.05) is 18.3 Å². The van der Waals surface area contributed by atoms with Crippen LogP contribution in [0.4, 0.5) is 10.8 Å². The summed E-state index contributed by atoms with van der Waals surface area (Å²) in [5, 5.41) is 23.1. The molecule has 4 heterocycles. The van der Waals surface area contributed by atoms with Gasteiger partial charge in [-0.25, -0.2) is 14.8 Å². The molecular formula is C27H23N5O7S. The van der Waals surface area contributed by atoms with Crippen LogP contribution in [0.1, 0.15) is 50.8 Å². The van der Waals surface area contributed by atoms with Gasteiger partial charge in [-0.3, -0.25) is 24.6 Å². The lowest BCUT2D eigenvalue weighted by Gasteiger charge is -2.22. The van der Waals surface area contributed by atoms with Crippen LogP contribution in [0.15, 0.2) is 48.2 Å². The maximum atomic E-state index is 13.5. The van der Waals surface area contributed by atoms with Crippen molar-refractivity contribution < 1.29 is 29.2 Å². The summed E-state index contributed by atoms with van der Waals surface area (Å²) in [6.45, 7) is 6.90. The van der Waals surface area contributed by atoms with Crippen LogP contribution in [-0.4, -0.2) is 48.7 Å². The van der Waals surface area contributed by atoms with E-state index < -0.39 is 34.4 Å². The number of nitrogens with zero attached hydrogens (tertiary/aromatic N) is 5. The number of fused-ring (bicyclic) bond motifs is 1. The molecule has 1 aliphatic rings. The molecular weight excluding hydrogens is 538 g/mol. The van der Waals surface area contributed by atoms with Gasteiger partial charge in [-0.15, -0.1) is 0 Å². The fraction of sp³-hybridized carbons (Fsp3) is 0.222. The number of aliphatic hydroxyl groups excluding tert-OH is 1. The number of carbonyl (C=O) groups excluding carboxylic acids is 3. The zero-order valence-corrected chi connectivity index (χ0v) is 22.7. The Morgan fingerprint density at radius 3 is 2.60 bits per heavy atom. The molecule has 0 saturated carbocycles. The first-order chi connectivity index (χ1) is 19.0. The number of hydrogen-bond donors (Lipinski definition) is 1. The minimum atomic E-state index is -1.29. The van der Waals surface area contributed by atoms with E-state index in [9.17, 15) is 29.6 Å². The Hall–Kier alpha value is -4.91. The predicted octanol–water partition coefficient (Wildman–Crippen LogP) is 4.43.